The molecule has 5 nitrogen and oxygen atoms in total. The van der Waals surface area contributed by atoms with Crippen molar-refractivity contribution >= 4 is 11.4 Å². The number of nitrogens with zero attached hydrogens (tertiary/aromatic N) is 2. The molecule has 0 amide bonds. The van der Waals surface area contributed by atoms with Gasteiger partial charge in [-0.3, -0.25) is 0 Å². The SMILES string of the molecule is C=C1N(CCOCCN2c3cccc(CO)c3C(C)(C)[C@H]2C)c2cccc(CO)c2C1(C)C. The zero-order valence-electron chi connectivity index (χ0n) is 20.7. The Morgan fingerprint density at radius 1 is 0.879 bits per heavy atom. The maximum Gasteiger partial charge on any atom is 0.0685 e. The van der Waals surface area contributed by atoms with Crippen molar-refractivity contribution < 1.29 is 14.9 Å². The Morgan fingerprint density at radius 2 is 1.45 bits per heavy atom. The summed E-state index contributed by atoms with van der Waals surface area (Å²) in [6.07, 6.45) is 0. The molecule has 2 aliphatic heterocycles. The molecular formula is C28H38N2O3. The van der Waals surface area contributed by atoms with Gasteiger partial charge in [-0.1, -0.05) is 58.5 Å². The first-order valence-electron chi connectivity index (χ1n) is 11.9. The molecule has 0 radical (unpaired) electrons. The van der Waals surface area contributed by atoms with Gasteiger partial charge in [0.15, 0.2) is 0 Å². The molecule has 2 aromatic carbocycles. The van der Waals surface area contributed by atoms with Crippen molar-refractivity contribution in [2.24, 2.45) is 0 Å². The van der Waals surface area contributed by atoms with Crippen LogP contribution >= 0.6 is 0 Å². The zero-order valence-corrected chi connectivity index (χ0v) is 20.7. The van der Waals surface area contributed by atoms with E-state index in [0.717, 1.165) is 35.6 Å². The fourth-order valence-corrected chi connectivity index (χ4v) is 5.79. The average molecular weight is 451 g/mol. The van der Waals surface area contributed by atoms with Gasteiger partial charge in [-0.05, 0) is 41.3 Å². The molecule has 2 heterocycles. The van der Waals surface area contributed by atoms with Gasteiger partial charge in [0.2, 0.25) is 0 Å². The van der Waals surface area contributed by atoms with Gasteiger partial charge in [0.25, 0.3) is 0 Å². The number of fused-ring (bicyclic) bond motifs is 2. The number of allylic oxidation sites excluding steroid dienone is 1. The lowest BCUT2D eigenvalue weighted by molar-refractivity contribution is 0.145. The molecule has 2 aromatic rings. The minimum atomic E-state index is -0.209. The number of aliphatic hydroxyl groups excluding tert-OH is 2. The molecule has 0 fully saturated rings. The van der Waals surface area contributed by atoms with Crippen LogP contribution in [-0.4, -0.2) is 42.6 Å². The van der Waals surface area contributed by atoms with Crippen LogP contribution in [0.4, 0.5) is 11.4 Å². The van der Waals surface area contributed by atoms with E-state index in [9.17, 15) is 10.2 Å². The minimum absolute atomic E-state index is 0.0261. The van der Waals surface area contributed by atoms with E-state index in [1.165, 1.54) is 16.8 Å². The molecule has 0 unspecified atom stereocenters. The van der Waals surface area contributed by atoms with E-state index in [2.05, 4.69) is 63.1 Å². The number of ether oxygens (including phenoxy) is 1. The molecule has 0 bridgehead atoms. The number of aliphatic hydroxyl groups is 2. The molecule has 4 rings (SSSR count). The molecule has 33 heavy (non-hydrogen) atoms. The van der Waals surface area contributed by atoms with E-state index in [-0.39, 0.29) is 24.0 Å². The Hall–Kier alpha value is -2.34. The van der Waals surface area contributed by atoms with Crippen LogP contribution < -0.4 is 9.80 Å². The fraction of sp³-hybridized carbons (Fsp3) is 0.500. The molecule has 2 N–H and O–H groups in total. The third-order valence-electron chi connectivity index (χ3n) is 7.96. The van der Waals surface area contributed by atoms with E-state index in [1.54, 1.807) is 0 Å². The summed E-state index contributed by atoms with van der Waals surface area (Å²) < 4.78 is 6.11. The van der Waals surface area contributed by atoms with E-state index in [1.807, 2.05) is 24.3 Å². The number of hydrogen-bond donors (Lipinski definition) is 2. The quantitative estimate of drug-likeness (QED) is 0.581. The summed E-state index contributed by atoms with van der Waals surface area (Å²) in [6, 6.07) is 12.6. The topological polar surface area (TPSA) is 56.2 Å². The molecule has 2 aliphatic rings. The number of hydrogen-bond acceptors (Lipinski definition) is 5. The maximum atomic E-state index is 9.85. The molecule has 0 spiro atoms. The first-order chi connectivity index (χ1) is 15.7. The van der Waals surface area contributed by atoms with Crippen LogP contribution in [0.3, 0.4) is 0 Å². The predicted molar refractivity (Wildman–Crippen MR) is 135 cm³/mol. The van der Waals surface area contributed by atoms with Crippen molar-refractivity contribution in [2.75, 3.05) is 36.1 Å². The average Bonchev–Trinajstić information content (AvgIpc) is 3.12. The number of benzene rings is 2. The first kappa shape index (κ1) is 23.8. The lowest BCUT2D eigenvalue weighted by Gasteiger charge is -2.32. The lowest BCUT2D eigenvalue weighted by atomic mass is 9.79. The smallest absolute Gasteiger partial charge is 0.0685 e. The molecule has 0 saturated heterocycles. The van der Waals surface area contributed by atoms with Gasteiger partial charge in [-0.2, -0.15) is 0 Å². The van der Waals surface area contributed by atoms with Gasteiger partial charge in [-0.15, -0.1) is 0 Å². The van der Waals surface area contributed by atoms with Gasteiger partial charge < -0.3 is 24.7 Å². The van der Waals surface area contributed by atoms with Crippen molar-refractivity contribution in [3.8, 4) is 0 Å². The van der Waals surface area contributed by atoms with Gasteiger partial charge >= 0.3 is 0 Å². The molecular weight excluding hydrogens is 412 g/mol. The van der Waals surface area contributed by atoms with Crippen LogP contribution in [0.5, 0.6) is 0 Å². The van der Waals surface area contributed by atoms with Crippen molar-refractivity contribution in [2.45, 2.75) is 64.7 Å². The minimum Gasteiger partial charge on any atom is -0.392 e. The largest absolute Gasteiger partial charge is 0.392 e. The molecule has 5 heteroatoms. The first-order valence-corrected chi connectivity index (χ1v) is 11.9. The summed E-state index contributed by atoms with van der Waals surface area (Å²) in [7, 11) is 0. The highest BCUT2D eigenvalue weighted by Crippen LogP contribution is 2.49. The Labute approximate surface area is 198 Å². The van der Waals surface area contributed by atoms with Crippen LogP contribution in [0, 0.1) is 0 Å². The molecule has 0 aromatic heterocycles. The van der Waals surface area contributed by atoms with E-state index in [4.69, 9.17) is 4.74 Å². The Kier molecular flexibility index (Phi) is 6.34. The van der Waals surface area contributed by atoms with Crippen LogP contribution in [-0.2, 0) is 28.8 Å². The van der Waals surface area contributed by atoms with Crippen LogP contribution in [0.25, 0.3) is 0 Å². The van der Waals surface area contributed by atoms with Gasteiger partial charge in [0, 0.05) is 47.0 Å². The van der Waals surface area contributed by atoms with Crippen LogP contribution in [0.1, 0.15) is 56.9 Å². The summed E-state index contributed by atoms with van der Waals surface area (Å²) in [5.41, 5.74) is 7.55. The second-order valence-electron chi connectivity index (χ2n) is 10.4. The molecule has 0 aliphatic carbocycles. The normalized spacial score (nSPS) is 20.3. The Morgan fingerprint density at radius 3 is 2.09 bits per heavy atom. The second kappa shape index (κ2) is 8.79. The number of rotatable bonds is 8. The van der Waals surface area contributed by atoms with Crippen LogP contribution in [0.2, 0.25) is 0 Å². The zero-order chi connectivity index (χ0) is 24.0. The highest BCUT2D eigenvalue weighted by atomic mass is 16.5. The second-order valence-corrected chi connectivity index (χ2v) is 10.4. The molecule has 178 valence electrons. The fourth-order valence-electron chi connectivity index (χ4n) is 5.79. The summed E-state index contributed by atoms with van der Waals surface area (Å²) in [4.78, 5) is 4.65. The Balaban J connectivity index is 1.39. The predicted octanol–water partition coefficient (Wildman–Crippen LogP) is 4.49. The summed E-state index contributed by atoms with van der Waals surface area (Å²) >= 11 is 0. The third kappa shape index (κ3) is 3.76. The third-order valence-corrected chi connectivity index (χ3v) is 7.96. The van der Waals surface area contributed by atoms with Gasteiger partial charge in [-0.25, -0.2) is 0 Å². The van der Waals surface area contributed by atoms with E-state index < -0.39 is 0 Å². The maximum absolute atomic E-state index is 9.85. The summed E-state index contributed by atoms with van der Waals surface area (Å²) in [5, 5.41) is 19.7. The molecule has 1 atom stereocenters. The standard InChI is InChI=1S/C28H38N2O3/c1-19-27(3,4)25-21(17-31)9-7-11-23(25)29(19)13-15-33-16-14-30-20(2)28(5,6)26-22(18-32)10-8-12-24(26)30/h7-12,20,31-32H,1,13-18H2,2-6H3/t20-/m1/s1. The van der Waals surface area contributed by atoms with E-state index >= 15 is 0 Å². The monoisotopic (exact) mass is 450 g/mol. The lowest BCUT2D eigenvalue weighted by Crippen LogP contribution is -2.41. The van der Waals surface area contributed by atoms with Crippen molar-refractivity contribution in [3.05, 3.63) is 70.9 Å². The summed E-state index contributed by atoms with van der Waals surface area (Å²) in [5.74, 6) is 0. The highest BCUT2D eigenvalue weighted by Gasteiger charge is 2.43. The summed E-state index contributed by atoms with van der Waals surface area (Å²) in [6.45, 7) is 18.4. The van der Waals surface area contributed by atoms with Crippen molar-refractivity contribution in [3.63, 3.8) is 0 Å². The van der Waals surface area contributed by atoms with Crippen molar-refractivity contribution in [1.82, 2.24) is 0 Å². The highest BCUT2D eigenvalue weighted by molar-refractivity contribution is 5.72. The van der Waals surface area contributed by atoms with Crippen LogP contribution in [0.15, 0.2) is 48.7 Å². The van der Waals surface area contributed by atoms with Gasteiger partial charge in [0.05, 0.1) is 26.4 Å². The van der Waals surface area contributed by atoms with E-state index in [0.29, 0.717) is 19.3 Å². The van der Waals surface area contributed by atoms with Gasteiger partial charge in [0.1, 0.15) is 0 Å². The Bertz CT molecular complexity index is 1040. The number of anilines is 2. The molecule has 0 saturated carbocycles. The van der Waals surface area contributed by atoms with Crippen molar-refractivity contribution in [1.29, 1.82) is 0 Å².